The first-order valence-corrected chi connectivity index (χ1v) is 5.58. The molecule has 1 amide bonds. The topological polar surface area (TPSA) is 41.1 Å². The molecule has 1 atom stereocenters. The van der Waals surface area contributed by atoms with Crippen LogP contribution in [-0.4, -0.2) is 25.0 Å². The van der Waals surface area contributed by atoms with Gasteiger partial charge in [-0.15, -0.1) is 0 Å². The lowest BCUT2D eigenvalue weighted by Gasteiger charge is -2.06. The normalized spacial score (nSPS) is 28.6. The number of carbonyl (C=O) groups is 1. The molecule has 0 aromatic rings. The van der Waals surface area contributed by atoms with Gasteiger partial charge < -0.3 is 10.6 Å². The van der Waals surface area contributed by atoms with Crippen LogP contribution in [0, 0.1) is 11.3 Å². The maximum absolute atomic E-state index is 11.3. The van der Waals surface area contributed by atoms with E-state index in [4.69, 9.17) is 0 Å². The Balaban J connectivity index is 1.52. The highest BCUT2D eigenvalue weighted by Crippen LogP contribution is 2.50. The van der Waals surface area contributed by atoms with Crippen molar-refractivity contribution in [1.82, 2.24) is 10.6 Å². The Morgan fingerprint density at radius 2 is 2.07 bits per heavy atom. The molecule has 0 aliphatic heterocycles. The van der Waals surface area contributed by atoms with Crippen molar-refractivity contribution < 1.29 is 4.79 Å². The molecule has 0 spiro atoms. The van der Waals surface area contributed by atoms with Gasteiger partial charge in [0, 0.05) is 6.04 Å². The Morgan fingerprint density at radius 1 is 1.43 bits per heavy atom. The minimum Gasteiger partial charge on any atom is -0.352 e. The van der Waals surface area contributed by atoms with Crippen LogP contribution >= 0.6 is 0 Å². The number of rotatable bonds is 5. The van der Waals surface area contributed by atoms with Gasteiger partial charge in [-0.05, 0) is 37.1 Å². The second-order valence-corrected chi connectivity index (χ2v) is 5.36. The van der Waals surface area contributed by atoms with Crippen molar-refractivity contribution >= 4 is 5.91 Å². The van der Waals surface area contributed by atoms with Crippen LogP contribution in [-0.2, 0) is 4.79 Å². The maximum atomic E-state index is 11.3. The van der Waals surface area contributed by atoms with E-state index in [1.165, 1.54) is 19.3 Å². The summed E-state index contributed by atoms with van der Waals surface area (Å²) in [6, 6.07) is 0.488. The van der Waals surface area contributed by atoms with Gasteiger partial charge in [-0.3, -0.25) is 4.79 Å². The summed E-state index contributed by atoms with van der Waals surface area (Å²) in [7, 11) is 0. The van der Waals surface area contributed by atoms with Crippen LogP contribution < -0.4 is 10.6 Å². The fourth-order valence-corrected chi connectivity index (χ4v) is 1.79. The van der Waals surface area contributed by atoms with E-state index in [2.05, 4.69) is 24.5 Å². The lowest BCUT2D eigenvalue weighted by molar-refractivity contribution is -0.120. The molecular weight excluding hydrogens is 176 g/mol. The molecule has 3 heteroatoms. The molecule has 2 aliphatic carbocycles. The van der Waals surface area contributed by atoms with Crippen LogP contribution in [0.3, 0.4) is 0 Å². The first-order valence-electron chi connectivity index (χ1n) is 5.58. The highest BCUT2D eigenvalue weighted by molar-refractivity contribution is 5.78. The molecule has 1 unspecified atom stereocenters. The average molecular weight is 196 g/mol. The predicted octanol–water partition coefficient (Wildman–Crippen LogP) is 0.901. The van der Waals surface area contributed by atoms with E-state index in [0.29, 0.717) is 18.0 Å². The van der Waals surface area contributed by atoms with Crippen molar-refractivity contribution in [2.24, 2.45) is 11.3 Å². The summed E-state index contributed by atoms with van der Waals surface area (Å²) in [6.07, 6.45) is 3.63. The van der Waals surface area contributed by atoms with E-state index in [1.807, 2.05) is 0 Å². The van der Waals surface area contributed by atoms with E-state index < -0.39 is 0 Å². The van der Waals surface area contributed by atoms with Gasteiger partial charge in [0.2, 0.25) is 5.91 Å². The third-order valence-corrected chi connectivity index (χ3v) is 3.34. The molecule has 2 fully saturated rings. The molecule has 0 bridgehead atoms. The van der Waals surface area contributed by atoms with Gasteiger partial charge in [0.05, 0.1) is 6.54 Å². The number of nitrogens with one attached hydrogen (secondary N) is 2. The molecule has 2 N–H and O–H groups in total. The number of hydrogen-bond donors (Lipinski definition) is 2. The second-order valence-electron chi connectivity index (χ2n) is 5.36. The quantitative estimate of drug-likeness (QED) is 0.686. The molecule has 2 rings (SSSR count). The lowest BCUT2D eigenvalue weighted by atomic mass is 10.1. The Hall–Kier alpha value is -0.570. The molecule has 0 aromatic carbocycles. The van der Waals surface area contributed by atoms with E-state index in [1.54, 1.807) is 0 Å². The summed E-state index contributed by atoms with van der Waals surface area (Å²) in [5.74, 6) is 0.933. The van der Waals surface area contributed by atoms with E-state index in [-0.39, 0.29) is 5.91 Å². The summed E-state index contributed by atoms with van der Waals surface area (Å²) < 4.78 is 0. The highest BCUT2D eigenvalue weighted by Gasteiger charge is 2.44. The highest BCUT2D eigenvalue weighted by atomic mass is 16.2. The SMILES string of the molecule is CC1(C)CC1CNCC(=O)NC1CC1. The molecule has 80 valence electrons. The standard InChI is InChI=1S/C11H20N2O/c1-11(2)5-8(11)6-12-7-10(14)13-9-3-4-9/h8-9,12H,3-7H2,1-2H3,(H,13,14). The number of hydrogen-bond acceptors (Lipinski definition) is 2. The zero-order valence-electron chi connectivity index (χ0n) is 9.10. The summed E-state index contributed by atoms with van der Waals surface area (Å²) in [6.45, 7) is 6.04. The van der Waals surface area contributed by atoms with Crippen LogP contribution in [0.25, 0.3) is 0 Å². The van der Waals surface area contributed by atoms with Gasteiger partial charge in [-0.25, -0.2) is 0 Å². The molecule has 0 radical (unpaired) electrons. The molecule has 2 aliphatic rings. The predicted molar refractivity (Wildman–Crippen MR) is 55.9 cm³/mol. The summed E-state index contributed by atoms with van der Waals surface area (Å²) >= 11 is 0. The van der Waals surface area contributed by atoms with E-state index in [0.717, 1.165) is 12.5 Å². The third-order valence-electron chi connectivity index (χ3n) is 3.34. The summed E-state index contributed by atoms with van der Waals surface area (Å²) in [5.41, 5.74) is 0.514. The smallest absolute Gasteiger partial charge is 0.234 e. The van der Waals surface area contributed by atoms with Crippen LogP contribution in [0.5, 0.6) is 0 Å². The largest absolute Gasteiger partial charge is 0.352 e. The number of carbonyl (C=O) groups excluding carboxylic acids is 1. The van der Waals surface area contributed by atoms with Gasteiger partial charge in [0.15, 0.2) is 0 Å². The molecule has 0 heterocycles. The molecule has 14 heavy (non-hydrogen) atoms. The van der Waals surface area contributed by atoms with Crippen LogP contribution in [0.2, 0.25) is 0 Å². The van der Waals surface area contributed by atoms with Crippen molar-refractivity contribution in [2.45, 2.75) is 39.2 Å². The Kier molecular flexibility index (Phi) is 2.52. The van der Waals surface area contributed by atoms with Gasteiger partial charge >= 0.3 is 0 Å². The Labute approximate surface area is 85.6 Å². The monoisotopic (exact) mass is 196 g/mol. The van der Waals surface area contributed by atoms with E-state index >= 15 is 0 Å². The minimum absolute atomic E-state index is 0.158. The molecular formula is C11H20N2O. The van der Waals surface area contributed by atoms with Crippen LogP contribution in [0.4, 0.5) is 0 Å². The molecule has 0 aromatic heterocycles. The first-order chi connectivity index (χ1) is 6.58. The Morgan fingerprint density at radius 3 is 2.57 bits per heavy atom. The Bertz CT molecular complexity index is 233. The lowest BCUT2D eigenvalue weighted by Crippen LogP contribution is -2.36. The van der Waals surface area contributed by atoms with Gasteiger partial charge in [0.25, 0.3) is 0 Å². The zero-order valence-corrected chi connectivity index (χ0v) is 9.10. The average Bonchev–Trinajstić information content (AvgIpc) is 2.93. The summed E-state index contributed by atoms with van der Waals surface area (Å²) in [5, 5.41) is 6.19. The van der Waals surface area contributed by atoms with E-state index in [9.17, 15) is 4.79 Å². The number of amides is 1. The van der Waals surface area contributed by atoms with Crippen molar-refractivity contribution in [3.63, 3.8) is 0 Å². The molecule has 2 saturated carbocycles. The van der Waals surface area contributed by atoms with Crippen molar-refractivity contribution in [3.8, 4) is 0 Å². The van der Waals surface area contributed by atoms with Gasteiger partial charge in [-0.1, -0.05) is 13.8 Å². The first kappa shape index (κ1) is 9.97. The molecule has 3 nitrogen and oxygen atoms in total. The second kappa shape index (κ2) is 3.54. The fraction of sp³-hybridized carbons (Fsp3) is 0.909. The molecule has 0 saturated heterocycles. The van der Waals surface area contributed by atoms with Gasteiger partial charge in [0.1, 0.15) is 0 Å². The zero-order chi connectivity index (χ0) is 10.2. The fourth-order valence-electron chi connectivity index (χ4n) is 1.79. The van der Waals surface area contributed by atoms with Crippen LogP contribution in [0.1, 0.15) is 33.1 Å². The maximum Gasteiger partial charge on any atom is 0.234 e. The summed E-state index contributed by atoms with van der Waals surface area (Å²) in [4.78, 5) is 11.3. The van der Waals surface area contributed by atoms with Crippen molar-refractivity contribution in [3.05, 3.63) is 0 Å². The third kappa shape index (κ3) is 2.71. The van der Waals surface area contributed by atoms with Crippen molar-refractivity contribution in [2.75, 3.05) is 13.1 Å². The van der Waals surface area contributed by atoms with Crippen LogP contribution in [0.15, 0.2) is 0 Å². The van der Waals surface area contributed by atoms with Gasteiger partial charge in [-0.2, -0.15) is 0 Å². The van der Waals surface area contributed by atoms with Crippen molar-refractivity contribution in [1.29, 1.82) is 0 Å². The minimum atomic E-state index is 0.158.